The molecule has 0 saturated heterocycles. The van der Waals surface area contributed by atoms with E-state index >= 15 is 0 Å². The smallest absolute Gasteiger partial charge is 0.267 e. The number of nitrogens with zero attached hydrogens (tertiary/aromatic N) is 2. The van der Waals surface area contributed by atoms with Crippen LogP contribution in [0.15, 0.2) is 55.3 Å². The van der Waals surface area contributed by atoms with Crippen LogP contribution in [0.4, 0.5) is 5.69 Å². The van der Waals surface area contributed by atoms with Crippen molar-refractivity contribution in [3.63, 3.8) is 0 Å². The fourth-order valence-corrected chi connectivity index (χ4v) is 2.22. The first-order chi connectivity index (χ1) is 11.1. The first-order valence-electron chi connectivity index (χ1n) is 7.54. The normalized spacial score (nSPS) is 10.6. The Balaban J connectivity index is 3.04. The second-order valence-electron chi connectivity index (χ2n) is 5.10. The van der Waals surface area contributed by atoms with Crippen molar-refractivity contribution in [3.05, 3.63) is 66.4 Å². The van der Waals surface area contributed by atoms with E-state index in [1.54, 1.807) is 23.3 Å². The summed E-state index contributed by atoms with van der Waals surface area (Å²) in [5, 5.41) is 12.2. The Bertz CT molecular complexity index is 643. The van der Waals surface area contributed by atoms with Gasteiger partial charge in [-0.05, 0) is 24.5 Å². The molecule has 0 aromatic heterocycles. The summed E-state index contributed by atoms with van der Waals surface area (Å²) in [7, 11) is 0. The highest BCUT2D eigenvalue weighted by Crippen LogP contribution is 2.21. The molecular formula is C19H23N3O. The van der Waals surface area contributed by atoms with E-state index in [-0.39, 0.29) is 5.57 Å². The van der Waals surface area contributed by atoms with Crippen LogP contribution in [0, 0.1) is 18.3 Å². The minimum atomic E-state index is -0.408. The Morgan fingerprint density at radius 1 is 1.35 bits per heavy atom. The highest BCUT2D eigenvalue weighted by molar-refractivity contribution is 6.07. The molecule has 1 rings (SSSR count). The number of para-hydroxylation sites is 1. The number of anilines is 1. The minimum absolute atomic E-state index is 0.0546. The van der Waals surface area contributed by atoms with Crippen LogP contribution in [0.25, 0.3) is 0 Å². The molecule has 4 heteroatoms. The summed E-state index contributed by atoms with van der Waals surface area (Å²) in [6, 6.07) is 7.83. The SMILES string of the molecule is C=CCN(/C=C(/C#N)C(=O)Nc1c(C)cccc1CC)CC=C. The average Bonchev–Trinajstić information content (AvgIpc) is 2.54. The molecule has 0 fully saturated rings. The van der Waals surface area contributed by atoms with Crippen LogP contribution < -0.4 is 5.32 Å². The molecule has 0 atom stereocenters. The van der Waals surface area contributed by atoms with Crippen molar-refractivity contribution in [2.24, 2.45) is 0 Å². The van der Waals surface area contributed by atoms with Crippen molar-refractivity contribution in [1.29, 1.82) is 5.26 Å². The predicted octanol–water partition coefficient (Wildman–Crippen LogP) is 3.58. The third-order valence-electron chi connectivity index (χ3n) is 3.38. The molecule has 4 nitrogen and oxygen atoms in total. The zero-order valence-electron chi connectivity index (χ0n) is 13.8. The largest absolute Gasteiger partial charge is 0.369 e. The molecule has 0 aliphatic carbocycles. The van der Waals surface area contributed by atoms with Gasteiger partial charge in [-0.2, -0.15) is 5.26 Å². The van der Waals surface area contributed by atoms with Crippen LogP contribution in [0.3, 0.4) is 0 Å². The number of carbonyl (C=O) groups excluding carboxylic acids is 1. The molecule has 0 spiro atoms. The van der Waals surface area contributed by atoms with Crippen LogP contribution in [0.2, 0.25) is 0 Å². The van der Waals surface area contributed by atoms with Gasteiger partial charge in [0.25, 0.3) is 5.91 Å². The Labute approximate surface area is 138 Å². The maximum Gasteiger partial charge on any atom is 0.267 e. The van der Waals surface area contributed by atoms with E-state index in [0.717, 1.165) is 23.2 Å². The average molecular weight is 309 g/mol. The first-order valence-corrected chi connectivity index (χ1v) is 7.54. The molecule has 0 heterocycles. The third-order valence-corrected chi connectivity index (χ3v) is 3.38. The first kappa shape index (κ1) is 18.2. The molecule has 0 unspecified atom stereocenters. The summed E-state index contributed by atoms with van der Waals surface area (Å²) in [6.45, 7) is 12.4. The number of amides is 1. The summed E-state index contributed by atoms with van der Waals surface area (Å²) in [5.74, 6) is -0.408. The van der Waals surface area contributed by atoms with Gasteiger partial charge in [-0.1, -0.05) is 37.3 Å². The van der Waals surface area contributed by atoms with Gasteiger partial charge >= 0.3 is 0 Å². The Morgan fingerprint density at radius 2 is 2.00 bits per heavy atom. The lowest BCUT2D eigenvalue weighted by Gasteiger charge is -2.17. The molecule has 0 aliphatic rings. The van der Waals surface area contributed by atoms with Crippen LogP contribution in [0.5, 0.6) is 0 Å². The molecule has 0 saturated carbocycles. The molecule has 1 N–H and O–H groups in total. The zero-order valence-corrected chi connectivity index (χ0v) is 13.8. The van der Waals surface area contributed by atoms with Crippen LogP contribution in [0.1, 0.15) is 18.1 Å². The topological polar surface area (TPSA) is 56.1 Å². The van der Waals surface area contributed by atoms with E-state index in [2.05, 4.69) is 18.5 Å². The van der Waals surface area contributed by atoms with E-state index in [1.165, 1.54) is 0 Å². The van der Waals surface area contributed by atoms with Gasteiger partial charge in [-0.3, -0.25) is 4.79 Å². The predicted molar refractivity (Wildman–Crippen MR) is 94.8 cm³/mol. The van der Waals surface area contributed by atoms with E-state index in [0.29, 0.717) is 13.1 Å². The summed E-state index contributed by atoms with van der Waals surface area (Å²) >= 11 is 0. The van der Waals surface area contributed by atoms with Gasteiger partial charge in [-0.25, -0.2) is 0 Å². The Hall–Kier alpha value is -2.80. The molecule has 23 heavy (non-hydrogen) atoms. The fourth-order valence-electron chi connectivity index (χ4n) is 2.22. The van der Waals surface area contributed by atoms with E-state index in [9.17, 15) is 10.1 Å². The fraction of sp³-hybridized carbons (Fsp3) is 0.263. The van der Waals surface area contributed by atoms with Gasteiger partial charge in [0.15, 0.2) is 0 Å². The maximum atomic E-state index is 12.4. The zero-order chi connectivity index (χ0) is 17.2. The number of rotatable bonds is 8. The molecule has 1 aromatic rings. The number of benzene rings is 1. The third kappa shape index (κ3) is 5.15. The number of nitrogens with one attached hydrogen (secondary N) is 1. The van der Waals surface area contributed by atoms with E-state index in [4.69, 9.17) is 0 Å². The van der Waals surface area contributed by atoms with Crippen molar-refractivity contribution in [1.82, 2.24) is 4.90 Å². The Morgan fingerprint density at radius 3 is 2.52 bits per heavy atom. The molecule has 0 bridgehead atoms. The van der Waals surface area contributed by atoms with Crippen LogP contribution >= 0.6 is 0 Å². The van der Waals surface area contributed by atoms with Gasteiger partial charge < -0.3 is 10.2 Å². The molecule has 1 aromatic carbocycles. The van der Waals surface area contributed by atoms with E-state index < -0.39 is 5.91 Å². The summed E-state index contributed by atoms with van der Waals surface area (Å²) in [4.78, 5) is 14.2. The van der Waals surface area contributed by atoms with Crippen molar-refractivity contribution >= 4 is 11.6 Å². The molecule has 120 valence electrons. The highest BCUT2D eigenvalue weighted by atomic mass is 16.1. The second-order valence-corrected chi connectivity index (χ2v) is 5.10. The highest BCUT2D eigenvalue weighted by Gasteiger charge is 2.14. The van der Waals surface area contributed by atoms with Crippen molar-refractivity contribution in [2.45, 2.75) is 20.3 Å². The van der Waals surface area contributed by atoms with Crippen molar-refractivity contribution in [3.8, 4) is 6.07 Å². The van der Waals surface area contributed by atoms with Gasteiger partial charge in [0.05, 0.1) is 0 Å². The van der Waals surface area contributed by atoms with E-state index in [1.807, 2.05) is 38.1 Å². The lowest BCUT2D eigenvalue weighted by Crippen LogP contribution is -2.22. The lowest BCUT2D eigenvalue weighted by molar-refractivity contribution is -0.112. The standard InChI is InChI=1S/C19H23N3O/c1-5-11-22(12-6-2)14-17(13-20)19(23)21-18-15(4)9-8-10-16(18)7-3/h5-6,8-10,14H,1-2,7,11-12H2,3-4H3,(H,21,23)/b17-14-. The quantitative estimate of drug-likeness (QED) is 0.454. The van der Waals surface area contributed by atoms with Gasteiger partial charge in [0.1, 0.15) is 11.6 Å². The molecule has 0 aliphatic heterocycles. The van der Waals surface area contributed by atoms with Gasteiger partial charge in [-0.15, -0.1) is 13.2 Å². The number of aryl methyl sites for hydroxylation is 2. The molecule has 1 amide bonds. The molecule has 0 radical (unpaired) electrons. The van der Waals surface area contributed by atoms with Crippen LogP contribution in [-0.2, 0) is 11.2 Å². The summed E-state index contributed by atoms with van der Waals surface area (Å²) < 4.78 is 0. The summed E-state index contributed by atoms with van der Waals surface area (Å²) in [6.07, 6.45) is 5.78. The van der Waals surface area contributed by atoms with Crippen molar-refractivity contribution < 1.29 is 4.79 Å². The maximum absolute atomic E-state index is 12.4. The monoisotopic (exact) mass is 309 g/mol. The summed E-state index contributed by atoms with van der Waals surface area (Å²) in [5.41, 5.74) is 2.85. The number of hydrogen-bond acceptors (Lipinski definition) is 3. The van der Waals surface area contributed by atoms with Crippen molar-refractivity contribution in [2.75, 3.05) is 18.4 Å². The van der Waals surface area contributed by atoms with Gasteiger partial charge in [0.2, 0.25) is 0 Å². The number of nitriles is 1. The number of carbonyl (C=O) groups is 1. The Kier molecular flexibility index (Phi) is 7.35. The minimum Gasteiger partial charge on any atom is -0.369 e. The number of hydrogen-bond donors (Lipinski definition) is 1. The second kappa shape index (κ2) is 9.26. The molecular weight excluding hydrogens is 286 g/mol. The van der Waals surface area contributed by atoms with Crippen LogP contribution in [-0.4, -0.2) is 23.9 Å². The van der Waals surface area contributed by atoms with Gasteiger partial charge in [0, 0.05) is 25.0 Å². The lowest BCUT2D eigenvalue weighted by atomic mass is 10.1.